The average molecular weight is 332 g/mol. The van der Waals surface area contributed by atoms with Crippen molar-refractivity contribution in [3.63, 3.8) is 0 Å². The molecule has 0 fully saturated rings. The fourth-order valence-corrected chi connectivity index (χ4v) is 2.12. The Morgan fingerprint density at radius 1 is 1.00 bits per heavy atom. The number of phosphoric acid groups is 1. The predicted octanol–water partition coefficient (Wildman–Crippen LogP) is 2.28. The van der Waals surface area contributed by atoms with Crippen LogP contribution in [0.1, 0.15) is 52.7 Å². The second-order valence-electron chi connectivity index (χ2n) is 6.93. The van der Waals surface area contributed by atoms with E-state index in [0.29, 0.717) is 0 Å². The van der Waals surface area contributed by atoms with E-state index in [1.807, 2.05) is 0 Å². The van der Waals surface area contributed by atoms with Crippen molar-refractivity contribution in [1.29, 1.82) is 0 Å². The van der Waals surface area contributed by atoms with E-state index in [1.54, 1.807) is 0 Å². The van der Waals surface area contributed by atoms with Crippen LogP contribution in [-0.4, -0.2) is 31.3 Å². The molecule has 0 aliphatic carbocycles. The summed E-state index contributed by atoms with van der Waals surface area (Å²) >= 11 is 0.746. The molecule has 0 heterocycles. The third-order valence-corrected chi connectivity index (χ3v) is 3.31. The van der Waals surface area contributed by atoms with E-state index in [4.69, 9.17) is 23.0 Å². The van der Waals surface area contributed by atoms with Gasteiger partial charge in [-0.3, -0.25) is 0 Å². The second-order valence-corrected chi connectivity index (χ2v) is 8.36. The zero-order chi connectivity index (χ0) is 17.1. The van der Waals surface area contributed by atoms with E-state index >= 15 is 0 Å². The first-order valence-corrected chi connectivity index (χ1v) is 9.01. The zero-order valence-electron chi connectivity index (χ0n) is 13.8. The summed E-state index contributed by atoms with van der Waals surface area (Å²) in [6, 6.07) is 6.60. The van der Waals surface area contributed by atoms with E-state index in [9.17, 15) is 0 Å². The minimum Gasteiger partial charge on any atom is -0.647 e. The Morgan fingerprint density at radius 3 is 1.71 bits per heavy atom. The van der Waals surface area contributed by atoms with Gasteiger partial charge < -0.3 is 18.5 Å². The van der Waals surface area contributed by atoms with E-state index in [-0.39, 0.29) is 10.8 Å². The van der Waals surface area contributed by atoms with E-state index in [1.165, 1.54) is 11.1 Å². The van der Waals surface area contributed by atoms with Gasteiger partial charge in [-0.1, -0.05) is 53.7 Å². The summed E-state index contributed by atoms with van der Waals surface area (Å²) in [4.78, 5) is 21.6. The fourth-order valence-electron chi connectivity index (χ4n) is 1.76. The van der Waals surface area contributed by atoms with Crippen LogP contribution in [0.2, 0.25) is 0 Å². The molecule has 0 atom stereocenters. The summed E-state index contributed by atoms with van der Waals surface area (Å²) in [5.74, 6) is 1.05. The molecule has 0 aromatic heterocycles. The highest BCUT2D eigenvalue weighted by Gasteiger charge is 2.22. The van der Waals surface area contributed by atoms with E-state index < -0.39 is 7.82 Å². The lowest BCUT2D eigenvalue weighted by molar-refractivity contribution is 0.275. The Morgan fingerprint density at radius 2 is 1.43 bits per heavy atom. The largest absolute Gasteiger partial charge is 0.647 e. The van der Waals surface area contributed by atoms with Crippen molar-refractivity contribution >= 4 is 24.4 Å². The summed E-state index contributed by atoms with van der Waals surface area (Å²) < 4.78 is 14.5. The number of hydrogen-bond acceptors (Lipinski definition) is 2. The molecule has 5 nitrogen and oxygen atoms in total. The highest BCUT2D eigenvalue weighted by molar-refractivity contribution is 7.45. The molecule has 1 rings (SSSR count). The molecular weight excluding hydrogens is 306 g/mol. The molecule has 0 saturated carbocycles. The highest BCUT2D eigenvalue weighted by Crippen LogP contribution is 2.35. The van der Waals surface area contributed by atoms with Gasteiger partial charge in [-0.15, -0.1) is 0 Å². The van der Waals surface area contributed by atoms with Gasteiger partial charge >= 0.3 is 24.4 Å². The molecule has 0 radical (unpaired) electrons. The van der Waals surface area contributed by atoms with Crippen molar-refractivity contribution in [1.82, 2.24) is 0 Å². The van der Waals surface area contributed by atoms with Crippen LogP contribution in [0, 0.1) is 0 Å². The Bertz CT molecular complexity index is 503. The van der Waals surface area contributed by atoms with Crippen molar-refractivity contribution in [3.05, 3.63) is 29.3 Å². The van der Waals surface area contributed by atoms with Crippen molar-refractivity contribution in [3.8, 4) is 5.75 Å². The minimum absolute atomic E-state index is 0.140. The van der Waals surface area contributed by atoms with Gasteiger partial charge in [0.1, 0.15) is 0 Å². The highest BCUT2D eigenvalue weighted by atomic mass is 31.2. The Kier molecular flexibility index (Phi) is 7.17. The maximum atomic E-state index is 8.88. The van der Waals surface area contributed by atoms with Crippen LogP contribution >= 0.6 is 7.82 Å². The molecule has 0 bridgehead atoms. The maximum absolute atomic E-state index is 8.88. The average Bonchev–Trinajstić information content (AvgIpc) is 2.23. The van der Waals surface area contributed by atoms with Gasteiger partial charge in [-0.05, 0) is 28.0 Å². The summed E-state index contributed by atoms with van der Waals surface area (Å²) in [6.07, 6.45) is 0. The van der Waals surface area contributed by atoms with Gasteiger partial charge in [0.05, 0.1) is 5.75 Å². The summed E-state index contributed by atoms with van der Waals surface area (Å²) in [7, 11) is -4.64. The molecule has 1 aromatic carbocycles. The van der Waals surface area contributed by atoms with Gasteiger partial charge in [-0.25, -0.2) is 4.57 Å². The monoisotopic (exact) mass is 332 g/mol. The zero-order valence-corrected chi connectivity index (χ0v) is 16.7. The van der Waals surface area contributed by atoms with Crippen LogP contribution in [0.4, 0.5) is 0 Å². The molecule has 7 heteroatoms. The molecule has 1 aromatic rings. The molecule has 0 saturated heterocycles. The van der Waals surface area contributed by atoms with Crippen molar-refractivity contribution in [2.45, 2.75) is 52.4 Å². The normalized spacial score (nSPS) is 12.4. The molecule has 3 N–H and O–H groups in total. The lowest BCUT2D eigenvalue weighted by atomic mass is 9.80. The number of hydrogen-bond donors (Lipinski definition) is 3. The van der Waals surface area contributed by atoms with Gasteiger partial charge in [0.15, 0.2) is 0 Å². The summed E-state index contributed by atoms with van der Waals surface area (Å²) in [5, 5.41) is 0. The lowest BCUT2D eigenvalue weighted by Gasteiger charge is -2.27. The summed E-state index contributed by atoms with van der Waals surface area (Å²) in [6.45, 7) is 13.4. The van der Waals surface area contributed by atoms with Crippen LogP contribution in [-0.2, 0) is 15.4 Å². The van der Waals surface area contributed by atoms with E-state index in [2.05, 4.69) is 59.7 Å². The molecule has 0 unspecified atom stereocenters. The third-order valence-electron chi connectivity index (χ3n) is 2.87. The smallest absolute Gasteiger partial charge is 0.496 e. The van der Waals surface area contributed by atoms with Crippen molar-refractivity contribution < 1.29 is 23.0 Å². The molecule has 0 spiro atoms. The van der Waals surface area contributed by atoms with Gasteiger partial charge in [0.2, 0.25) is 0 Å². The lowest BCUT2D eigenvalue weighted by Crippen LogP contribution is -2.17. The van der Waals surface area contributed by atoms with Gasteiger partial charge in [0.25, 0.3) is 0 Å². The molecule has 0 aliphatic rings. The molecule has 21 heavy (non-hydrogen) atoms. The van der Waals surface area contributed by atoms with Crippen molar-refractivity contribution in [2.24, 2.45) is 0 Å². The molecule has 0 amide bonds. The quantitative estimate of drug-likeness (QED) is 0.542. The van der Waals surface area contributed by atoms with E-state index in [0.717, 1.165) is 22.4 Å². The molecular formula is C14H26AlO5P. The second kappa shape index (κ2) is 7.28. The maximum Gasteiger partial charge on any atom is 0.496 e. The summed E-state index contributed by atoms with van der Waals surface area (Å²) in [5.41, 5.74) is 3.03. The number of rotatable bonds is 1. The predicted molar refractivity (Wildman–Crippen MR) is 87.3 cm³/mol. The van der Waals surface area contributed by atoms with Crippen LogP contribution in [0.5, 0.6) is 5.75 Å². The van der Waals surface area contributed by atoms with Crippen LogP contribution in [0.25, 0.3) is 0 Å². The fraction of sp³-hybridized carbons (Fsp3) is 0.571. The van der Waals surface area contributed by atoms with Crippen LogP contribution < -0.4 is 3.79 Å². The van der Waals surface area contributed by atoms with Crippen LogP contribution in [0.15, 0.2) is 18.2 Å². The minimum atomic E-state index is -4.64. The van der Waals surface area contributed by atoms with Crippen molar-refractivity contribution in [2.75, 3.05) is 0 Å². The Hall–Kier alpha value is -0.338. The first-order chi connectivity index (χ1) is 9.16. The first kappa shape index (κ1) is 20.7. The molecule has 120 valence electrons. The van der Waals surface area contributed by atoms with Gasteiger partial charge in [0, 0.05) is 0 Å². The van der Waals surface area contributed by atoms with Crippen LogP contribution in [0.3, 0.4) is 0 Å². The Labute approximate surface area is 135 Å². The Balaban J connectivity index is 0.000000690. The third kappa shape index (κ3) is 8.63. The first-order valence-electron chi connectivity index (χ1n) is 6.63. The number of benzene rings is 1. The molecule has 0 aliphatic heterocycles. The standard InChI is InChI=1S/C14H22O.Al.H3O4P.2H/c1-13(2,3)10-7-8-12(15)11(9-10)14(4,5)6;;1-5(2,3)4;;/h7-9,15H,1-6H3;;(H3,1,2,3,4);;/q;+1;;;/p-1. The topological polar surface area (TPSA) is 87.0 Å². The SMILES string of the molecule is CC(C)(C)c1ccc([O][AlH2])c(C(C)(C)C)c1.O=P(O)(O)O. The van der Waals surface area contributed by atoms with Gasteiger partial charge in [-0.2, -0.15) is 0 Å².